The Morgan fingerprint density at radius 3 is 2.52 bits per heavy atom. The van der Waals surface area contributed by atoms with E-state index in [9.17, 15) is 4.79 Å². The van der Waals surface area contributed by atoms with E-state index in [0.29, 0.717) is 5.92 Å². The highest BCUT2D eigenvalue weighted by atomic mass is 16.6. The van der Waals surface area contributed by atoms with Crippen molar-refractivity contribution >= 4 is 6.09 Å². The smallest absolute Gasteiger partial charge is 0.410 e. The molecular formula is C19H30N2O2. The van der Waals surface area contributed by atoms with Gasteiger partial charge in [0.15, 0.2) is 0 Å². The van der Waals surface area contributed by atoms with Gasteiger partial charge in [-0.15, -0.1) is 0 Å². The standard InChI is InChI=1S/C19H30N2O2/c1-14-8-15(2)10-17(9-14)12-20-11-16-6-7-21(13-16)18(22)23-19(3,4)5/h8-10,16,20H,6-7,11-13H2,1-5H3. The number of rotatable bonds is 4. The summed E-state index contributed by atoms with van der Waals surface area (Å²) < 4.78 is 5.44. The van der Waals surface area contributed by atoms with Gasteiger partial charge in [0, 0.05) is 26.2 Å². The van der Waals surface area contributed by atoms with Crippen molar-refractivity contribution in [1.29, 1.82) is 0 Å². The normalized spacial score (nSPS) is 18.3. The third-order valence-corrected chi connectivity index (χ3v) is 3.98. The van der Waals surface area contributed by atoms with Crippen LogP contribution in [0.2, 0.25) is 0 Å². The maximum absolute atomic E-state index is 12.1. The second-order valence-electron chi connectivity index (χ2n) is 7.71. The van der Waals surface area contributed by atoms with Crippen LogP contribution in [0, 0.1) is 19.8 Å². The van der Waals surface area contributed by atoms with Crippen LogP contribution in [-0.2, 0) is 11.3 Å². The molecular weight excluding hydrogens is 288 g/mol. The maximum atomic E-state index is 12.1. The van der Waals surface area contributed by atoms with E-state index in [1.807, 2.05) is 25.7 Å². The van der Waals surface area contributed by atoms with Crippen LogP contribution < -0.4 is 5.32 Å². The highest BCUT2D eigenvalue weighted by Crippen LogP contribution is 2.19. The minimum atomic E-state index is -0.420. The Hall–Kier alpha value is -1.55. The summed E-state index contributed by atoms with van der Waals surface area (Å²) in [7, 11) is 0. The van der Waals surface area contributed by atoms with Crippen molar-refractivity contribution in [3.8, 4) is 0 Å². The van der Waals surface area contributed by atoms with E-state index in [0.717, 1.165) is 32.6 Å². The Morgan fingerprint density at radius 2 is 1.91 bits per heavy atom. The maximum Gasteiger partial charge on any atom is 0.410 e. The van der Waals surface area contributed by atoms with Crippen LogP contribution in [0.1, 0.15) is 43.9 Å². The highest BCUT2D eigenvalue weighted by Gasteiger charge is 2.29. The number of amides is 1. The largest absolute Gasteiger partial charge is 0.444 e. The van der Waals surface area contributed by atoms with E-state index < -0.39 is 5.60 Å². The average Bonchev–Trinajstić information content (AvgIpc) is 2.84. The second-order valence-corrected chi connectivity index (χ2v) is 7.71. The van der Waals surface area contributed by atoms with E-state index in [1.165, 1.54) is 16.7 Å². The minimum absolute atomic E-state index is 0.186. The first-order chi connectivity index (χ1) is 10.7. The van der Waals surface area contributed by atoms with Crippen molar-refractivity contribution in [2.75, 3.05) is 19.6 Å². The molecule has 1 saturated heterocycles. The monoisotopic (exact) mass is 318 g/mol. The highest BCUT2D eigenvalue weighted by molar-refractivity contribution is 5.68. The summed E-state index contributed by atoms with van der Waals surface area (Å²) in [4.78, 5) is 13.9. The van der Waals surface area contributed by atoms with Crippen LogP contribution >= 0.6 is 0 Å². The number of nitrogens with one attached hydrogen (secondary N) is 1. The molecule has 1 N–H and O–H groups in total. The van der Waals surface area contributed by atoms with Crippen molar-refractivity contribution in [3.05, 3.63) is 34.9 Å². The fourth-order valence-corrected chi connectivity index (χ4v) is 3.08. The summed E-state index contributed by atoms with van der Waals surface area (Å²) in [6, 6.07) is 6.64. The Morgan fingerprint density at radius 1 is 1.26 bits per heavy atom. The van der Waals surface area contributed by atoms with Gasteiger partial charge in [-0.05, 0) is 52.5 Å². The molecule has 4 nitrogen and oxygen atoms in total. The molecule has 0 spiro atoms. The number of likely N-dealkylation sites (tertiary alicyclic amines) is 1. The molecule has 0 bridgehead atoms. The fourth-order valence-electron chi connectivity index (χ4n) is 3.08. The lowest BCUT2D eigenvalue weighted by Crippen LogP contribution is -2.36. The molecule has 0 aromatic heterocycles. The van der Waals surface area contributed by atoms with Crippen LogP contribution in [0.15, 0.2) is 18.2 Å². The van der Waals surface area contributed by atoms with E-state index in [2.05, 4.69) is 37.4 Å². The molecule has 2 rings (SSSR count). The van der Waals surface area contributed by atoms with Crippen molar-refractivity contribution in [1.82, 2.24) is 10.2 Å². The lowest BCUT2D eigenvalue weighted by atomic mass is 10.1. The predicted octanol–water partition coefficient (Wildman–Crippen LogP) is 3.65. The number of benzene rings is 1. The van der Waals surface area contributed by atoms with Crippen LogP contribution in [-0.4, -0.2) is 36.2 Å². The van der Waals surface area contributed by atoms with Crippen LogP contribution in [0.5, 0.6) is 0 Å². The van der Waals surface area contributed by atoms with Gasteiger partial charge < -0.3 is 15.0 Å². The molecule has 1 unspecified atom stereocenters. The summed E-state index contributed by atoms with van der Waals surface area (Å²) in [6.07, 6.45) is 0.855. The topological polar surface area (TPSA) is 41.6 Å². The van der Waals surface area contributed by atoms with Gasteiger partial charge in [0.25, 0.3) is 0 Å². The Kier molecular flexibility index (Phi) is 5.69. The molecule has 1 fully saturated rings. The average molecular weight is 318 g/mol. The van der Waals surface area contributed by atoms with Crippen LogP contribution in [0.25, 0.3) is 0 Å². The number of nitrogens with zero attached hydrogens (tertiary/aromatic N) is 1. The second kappa shape index (κ2) is 7.35. The zero-order valence-corrected chi connectivity index (χ0v) is 15.1. The van der Waals surface area contributed by atoms with E-state index in [-0.39, 0.29) is 6.09 Å². The number of hydrogen-bond acceptors (Lipinski definition) is 3. The predicted molar refractivity (Wildman–Crippen MR) is 93.5 cm³/mol. The molecule has 1 aliphatic heterocycles. The van der Waals surface area contributed by atoms with E-state index >= 15 is 0 Å². The molecule has 0 saturated carbocycles. The fraction of sp³-hybridized carbons (Fsp3) is 0.632. The Balaban J connectivity index is 1.74. The van der Waals surface area contributed by atoms with Gasteiger partial charge in [0.2, 0.25) is 0 Å². The van der Waals surface area contributed by atoms with Crippen molar-refractivity contribution in [2.45, 2.75) is 53.2 Å². The molecule has 1 atom stereocenters. The molecule has 1 heterocycles. The third kappa shape index (κ3) is 5.87. The molecule has 1 aromatic rings. The summed E-state index contributed by atoms with van der Waals surface area (Å²) in [5, 5.41) is 3.53. The molecule has 128 valence electrons. The van der Waals surface area contributed by atoms with Gasteiger partial charge >= 0.3 is 6.09 Å². The van der Waals surface area contributed by atoms with Gasteiger partial charge in [-0.1, -0.05) is 29.3 Å². The number of hydrogen-bond donors (Lipinski definition) is 1. The third-order valence-electron chi connectivity index (χ3n) is 3.98. The van der Waals surface area contributed by atoms with E-state index in [4.69, 9.17) is 4.74 Å². The number of aryl methyl sites for hydroxylation is 2. The van der Waals surface area contributed by atoms with Gasteiger partial charge in [-0.2, -0.15) is 0 Å². The summed E-state index contributed by atoms with van der Waals surface area (Å²) in [5.41, 5.74) is 3.51. The van der Waals surface area contributed by atoms with Crippen molar-refractivity contribution in [2.24, 2.45) is 5.92 Å². The first-order valence-electron chi connectivity index (χ1n) is 8.49. The SMILES string of the molecule is Cc1cc(C)cc(CNCC2CCN(C(=O)OC(C)(C)C)C2)c1. The Labute approximate surface area is 140 Å². The summed E-state index contributed by atoms with van der Waals surface area (Å²) >= 11 is 0. The van der Waals surface area contributed by atoms with Gasteiger partial charge in [-0.3, -0.25) is 0 Å². The van der Waals surface area contributed by atoms with Gasteiger partial charge in [-0.25, -0.2) is 4.79 Å². The molecule has 0 radical (unpaired) electrons. The number of carbonyl (C=O) groups excluding carboxylic acids is 1. The van der Waals surface area contributed by atoms with Gasteiger partial charge in [0.1, 0.15) is 5.60 Å². The van der Waals surface area contributed by atoms with Gasteiger partial charge in [0.05, 0.1) is 0 Å². The molecule has 4 heteroatoms. The first kappa shape index (κ1) is 17.8. The number of ether oxygens (including phenoxy) is 1. The Bertz CT molecular complexity index is 529. The van der Waals surface area contributed by atoms with Crippen LogP contribution in [0.4, 0.5) is 4.79 Å². The van der Waals surface area contributed by atoms with E-state index in [1.54, 1.807) is 0 Å². The zero-order chi connectivity index (χ0) is 17.0. The summed E-state index contributed by atoms with van der Waals surface area (Å²) in [6.45, 7) is 13.4. The molecule has 1 aliphatic rings. The summed E-state index contributed by atoms with van der Waals surface area (Å²) in [5.74, 6) is 0.508. The lowest BCUT2D eigenvalue weighted by molar-refractivity contribution is 0.0288. The zero-order valence-electron chi connectivity index (χ0n) is 15.1. The van der Waals surface area contributed by atoms with Crippen LogP contribution in [0.3, 0.4) is 0 Å². The molecule has 23 heavy (non-hydrogen) atoms. The quantitative estimate of drug-likeness (QED) is 0.921. The molecule has 1 aromatic carbocycles. The first-order valence-corrected chi connectivity index (χ1v) is 8.49. The van der Waals surface area contributed by atoms with Crippen molar-refractivity contribution in [3.63, 3.8) is 0 Å². The molecule has 1 amide bonds. The molecule has 0 aliphatic carbocycles. The lowest BCUT2D eigenvalue weighted by Gasteiger charge is -2.24. The minimum Gasteiger partial charge on any atom is -0.444 e. The number of carbonyl (C=O) groups is 1. The van der Waals surface area contributed by atoms with Crippen molar-refractivity contribution < 1.29 is 9.53 Å².